The van der Waals surface area contributed by atoms with Crippen molar-refractivity contribution in [2.45, 2.75) is 37.0 Å². The van der Waals surface area contributed by atoms with Crippen LogP contribution in [0.3, 0.4) is 0 Å². The summed E-state index contributed by atoms with van der Waals surface area (Å²) in [6.07, 6.45) is 0.208. The van der Waals surface area contributed by atoms with E-state index < -0.39 is 17.2 Å². The lowest BCUT2D eigenvalue weighted by Crippen LogP contribution is -2.39. The molecule has 0 N–H and O–H groups in total. The summed E-state index contributed by atoms with van der Waals surface area (Å²) in [7, 11) is 0. The Labute approximate surface area is 178 Å². The second-order valence-corrected chi connectivity index (χ2v) is 8.48. The predicted octanol–water partition coefficient (Wildman–Crippen LogP) is 5.57. The minimum Gasteiger partial charge on any atom is -0.450 e. The standard InChI is InChI=1S/C22H21Cl2F2NO2/c1-2-29-20(28)27-10-8-14-6-7-15-13-21(25,26)22(24,19(15)18(14)9-11-27)16-4-3-5-17(23)12-16/h3-7,12H,2,8-11,13H2,1H3. The molecule has 1 aliphatic heterocycles. The van der Waals surface area contributed by atoms with Crippen LogP contribution in [0, 0.1) is 0 Å². The Balaban J connectivity index is 1.81. The highest BCUT2D eigenvalue weighted by molar-refractivity contribution is 6.31. The maximum absolute atomic E-state index is 15.3. The Morgan fingerprint density at radius 1 is 1.17 bits per heavy atom. The van der Waals surface area contributed by atoms with Gasteiger partial charge >= 0.3 is 6.09 Å². The minimum atomic E-state index is -3.16. The average molecular weight is 440 g/mol. The van der Waals surface area contributed by atoms with Gasteiger partial charge in [-0.05, 0) is 59.7 Å². The van der Waals surface area contributed by atoms with Crippen molar-refractivity contribution in [3.8, 4) is 0 Å². The summed E-state index contributed by atoms with van der Waals surface area (Å²) in [4.78, 5) is 11.8. The first-order valence-corrected chi connectivity index (χ1v) is 10.4. The van der Waals surface area contributed by atoms with Crippen LogP contribution in [0.2, 0.25) is 5.02 Å². The van der Waals surface area contributed by atoms with Crippen LogP contribution >= 0.6 is 23.2 Å². The predicted molar refractivity (Wildman–Crippen MR) is 109 cm³/mol. The summed E-state index contributed by atoms with van der Waals surface area (Å²) in [5, 5.41) is 0.363. The quantitative estimate of drug-likeness (QED) is 0.572. The molecule has 0 spiro atoms. The third kappa shape index (κ3) is 3.28. The van der Waals surface area contributed by atoms with Crippen LogP contribution in [0.5, 0.6) is 0 Å². The molecule has 1 amide bonds. The van der Waals surface area contributed by atoms with E-state index in [9.17, 15) is 4.79 Å². The molecule has 29 heavy (non-hydrogen) atoms. The molecule has 0 bridgehead atoms. The van der Waals surface area contributed by atoms with E-state index in [4.69, 9.17) is 27.9 Å². The maximum Gasteiger partial charge on any atom is 0.409 e. The van der Waals surface area contributed by atoms with E-state index in [2.05, 4.69) is 0 Å². The third-order valence-corrected chi connectivity index (χ3v) is 6.71. The molecule has 1 aliphatic carbocycles. The lowest BCUT2D eigenvalue weighted by molar-refractivity contribution is -0.0190. The van der Waals surface area contributed by atoms with Gasteiger partial charge in [-0.1, -0.05) is 35.9 Å². The van der Waals surface area contributed by atoms with Gasteiger partial charge in [-0.2, -0.15) is 0 Å². The molecule has 2 aromatic carbocycles. The summed E-state index contributed by atoms with van der Waals surface area (Å²) in [5.74, 6) is -3.16. The summed E-state index contributed by atoms with van der Waals surface area (Å²) >= 11 is 12.9. The van der Waals surface area contributed by atoms with Crippen LogP contribution in [0.4, 0.5) is 13.6 Å². The van der Waals surface area contributed by atoms with E-state index in [1.54, 1.807) is 36.1 Å². The third-order valence-electron chi connectivity index (χ3n) is 5.79. The van der Waals surface area contributed by atoms with Crippen LogP contribution < -0.4 is 0 Å². The molecule has 0 radical (unpaired) electrons. The average Bonchev–Trinajstić information content (AvgIpc) is 2.81. The first kappa shape index (κ1) is 20.4. The van der Waals surface area contributed by atoms with Gasteiger partial charge in [0.25, 0.3) is 5.92 Å². The topological polar surface area (TPSA) is 29.5 Å². The molecule has 0 saturated heterocycles. The van der Waals surface area contributed by atoms with E-state index in [1.165, 1.54) is 6.07 Å². The number of carbonyl (C=O) groups is 1. The molecule has 2 aromatic rings. The molecule has 1 heterocycles. The fourth-order valence-electron chi connectivity index (χ4n) is 4.45. The van der Waals surface area contributed by atoms with Gasteiger partial charge in [-0.15, -0.1) is 11.6 Å². The number of hydrogen-bond acceptors (Lipinski definition) is 2. The SMILES string of the molecule is CCOC(=O)N1CCc2ccc3c(c2CC1)C(Cl)(c1cccc(Cl)c1)C(F)(F)C3. The Bertz CT molecular complexity index is 966. The normalized spacial score (nSPS) is 22.6. The fraction of sp³-hybridized carbons (Fsp3) is 0.409. The van der Waals surface area contributed by atoms with E-state index in [-0.39, 0.29) is 11.7 Å². The van der Waals surface area contributed by atoms with Crippen molar-refractivity contribution in [1.82, 2.24) is 4.90 Å². The number of carbonyl (C=O) groups excluding carboxylic acids is 1. The first-order chi connectivity index (χ1) is 13.8. The van der Waals surface area contributed by atoms with Crippen molar-refractivity contribution in [2.75, 3.05) is 19.7 Å². The number of alkyl halides is 3. The summed E-state index contributed by atoms with van der Waals surface area (Å²) in [6, 6.07) is 10.0. The maximum atomic E-state index is 15.3. The Kier molecular flexibility index (Phi) is 5.24. The van der Waals surface area contributed by atoms with Crippen LogP contribution in [0.1, 0.15) is 34.7 Å². The fourth-order valence-corrected chi connectivity index (χ4v) is 5.06. The number of amides is 1. The lowest BCUT2D eigenvalue weighted by Gasteiger charge is -2.32. The zero-order chi connectivity index (χ0) is 20.8. The number of benzene rings is 2. The molecular formula is C22H21Cl2F2NO2. The zero-order valence-electron chi connectivity index (χ0n) is 16.0. The highest BCUT2D eigenvalue weighted by atomic mass is 35.5. The number of halogens is 4. The van der Waals surface area contributed by atoms with Gasteiger partial charge in [0.15, 0.2) is 4.87 Å². The first-order valence-electron chi connectivity index (χ1n) is 9.66. The van der Waals surface area contributed by atoms with Crippen molar-refractivity contribution >= 4 is 29.3 Å². The van der Waals surface area contributed by atoms with E-state index in [0.717, 1.165) is 11.1 Å². The summed E-state index contributed by atoms with van der Waals surface area (Å²) in [6.45, 7) is 2.93. The Morgan fingerprint density at radius 3 is 2.62 bits per heavy atom. The van der Waals surface area contributed by atoms with Crippen molar-refractivity contribution in [3.05, 3.63) is 69.2 Å². The molecule has 7 heteroatoms. The highest BCUT2D eigenvalue weighted by Crippen LogP contribution is 2.58. The van der Waals surface area contributed by atoms with E-state index >= 15 is 8.78 Å². The Morgan fingerprint density at radius 2 is 1.90 bits per heavy atom. The summed E-state index contributed by atoms with van der Waals surface area (Å²) < 4.78 is 35.8. The van der Waals surface area contributed by atoms with Gasteiger partial charge in [0, 0.05) is 24.5 Å². The molecule has 4 rings (SSSR count). The molecular weight excluding hydrogens is 419 g/mol. The van der Waals surface area contributed by atoms with Crippen LogP contribution in [0.15, 0.2) is 36.4 Å². The van der Waals surface area contributed by atoms with E-state index in [1.807, 2.05) is 6.07 Å². The molecule has 0 saturated carbocycles. The molecule has 1 unspecified atom stereocenters. The zero-order valence-corrected chi connectivity index (χ0v) is 17.5. The molecule has 3 nitrogen and oxygen atoms in total. The van der Waals surface area contributed by atoms with Crippen molar-refractivity contribution < 1.29 is 18.3 Å². The minimum absolute atomic E-state index is 0.287. The van der Waals surface area contributed by atoms with Gasteiger partial charge in [-0.25, -0.2) is 13.6 Å². The molecule has 0 fully saturated rings. The number of fused-ring (bicyclic) bond motifs is 3. The van der Waals surface area contributed by atoms with Crippen molar-refractivity contribution in [3.63, 3.8) is 0 Å². The highest BCUT2D eigenvalue weighted by Gasteiger charge is 2.61. The molecule has 154 valence electrons. The monoisotopic (exact) mass is 439 g/mol. The van der Waals surface area contributed by atoms with Crippen LogP contribution in [0.25, 0.3) is 0 Å². The van der Waals surface area contributed by atoms with Gasteiger partial charge in [-0.3, -0.25) is 0 Å². The number of nitrogens with zero attached hydrogens (tertiary/aromatic N) is 1. The number of rotatable bonds is 2. The Hall–Kier alpha value is -1.85. The van der Waals surface area contributed by atoms with Crippen LogP contribution in [-0.2, 0) is 28.9 Å². The lowest BCUT2D eigenvalue weighted by atomic mass is 9.84. The van der Waals surface area contributed by atoms with Gasteiger partial charge in [0.05, 0.1) is 6.61 Å². The molecule has 0 aromatic heterocycles. The van der Waals surface area contributed by atoms with E-state index in [0.29, 0.717) is 48.7 Å². The smallest absolute Gasteiger partial charge is 0.409 e. The van der Waals surface area contributed by atoms with Crippen LogP contribution in [-0.4, -0.2) is 36.6 Å². The van der Waals surface area contributed by atoms with Crippen molar-refractivity contribution in [1.29, 1.82) is 0 Å². The number of ether oxygens (including phenoxy) is 1. The molecule has 1 atom stereocenters. The molecule has 2 aliphatic rings. The number of hydrogen-bond donors (Lipinski definition) is 0. The second kappa shape index (κ2) is 7.44. The van der Waals surface area contributed by atoms with Crippen molar-refractivity contribution in [2.24, 2.45) is 0 Å². The summed E-state index contributed by atoms with van der Waals surface area (Å²) in [5.41, 5.74) is 3.06. The van der Waals surface area contributed by atoms with Gasteiger partial charge in [0.2, 0.25) is 0 Å². The van der Waals surface area contributed by atoms with Gasteiger partial charge in [0.1, 0.15) is 0 Å². The second-order valence-electron chi connectivity index (χ2n) is 7.47. The van der Waals surface area contributed by atoms with Gasteiger partial charge < -0.3 is 9.64 Å². The largest absolute Gasteiger partial charge is 0.450 e.